The average molecular weight is 415 g/mol. The highest BCUT2D eigenvalue weighted by Gasteiger charge is 2.35. The minimum Gasteiger partial charge on any atom is -0.375 e. The van der Waals surface area contributed by atoms with Crippen molar-refractivity contribution in [2.45, 2.75) is 37.9 Å². The van der Waals surface area contributed by atoms with Gasteiger partial charge in [-0.1, -0.05) is 29.8 Å². The Kier molecular flexibility index (Phi) is 5.69. The molecule has 4 rings (SSSR count). The topological polar surface area (TPSA) is 87.5 Å². The second kappa shape index (κ2) is 8.39. The zero-order chi connectivity index (χ0) is 20.4. The summed E-state index contributed by atoms with van der Waals surface area (Å²) in [6, 6.07) is 12.6. The van der Waals surface area contributed by atoms with E-state index in [1.54, 1.807) is 18.2 Å². The van der Waals surface area contributed by atoms with Gasteiger partial charge in [-0.25, -0.2) is 0 Å². The summed E-state index contributed by atoms with van der Waals surface area (Å²) in [6.45, 7) is 2.21. The molecule has 0 radical (unpaired) electrons. The van der Waals surface area contributed by atoms with Crippen molar-refractivity contribution in [2.75, 3.05) is 18.4 Å². The number of hydrogen-bond acceptors (Lipinski definition) is 5. The number of benzene rings is 2. The molecule has 1 atom stereocenters. The predicted octanol–water partition coefficient (Wildman–Crippen LogP) is 3.83. The first-order chi connectivity index (χ1) is 14.0. The van der Waals surface area contributed by atoms with Gasteiger partial charge in [0, 0.05) is 48.4 Å². The van der Waals surface area contributed by atoms with Crippen LogP contribution in [0, 0.1) is 10.1 Å². The van der Waals surface area contributed by atoms with Crippen LogP contribution < -0.4 is 10.6 Å². The Morgan fingerprint density at radius 3 is 2.72 bits per heavy atom. The number of nitro benzene ring substituents is 1. The fourth-order valence-electron chi connectivity index (χ4n) is 3.75. The number of likely N-dealkylation sites (tertiary alicyclic amines) is 1. The molecule has 2 aromatic carbocycles. The van der Waals surface area contributed by atoms with Crippen LogP contribution in [0.15, 0.2) is 42.5 Å². The summed E-state index contributed by atoms with van der Waals surface area (Å²) in [7, 11) is 0. The fraction of sp³-hybridized carbons (Fsp3) is 0.381. The normalized spacial score (nSPS) is 19.1. The van der Waals surface area contributed by atoms with Crippen LogP contribution in [0.25, 0.3) is 0 Å². The maximum atomic E-state index is 12.6. The van der Waals surface area contributed by atoms with Gasteiger partial charge < -0.3 is 10.6 Å². The minimum absolute atomic E-state index is 0.0974. The first kappa shape index (κ1) is 19.7. The van der Waals surface area contributed by atoms with Gasteiger partial charge in [0.2, 0.25) is 0 Å². The third-order valence-electron chi connectivity index (χ3n) is 5.50. The molecule has 1 unspecified atom stereocenters. The minimum atomic E-state index is -0.476. The third kappa shape index (κ3) is 4.68. The highest BCUT2D eigenvalue weighted by molar-refractivity contribution is 6.31. The van der Waals surface area contributed by atoms with Crippen molar-refractivity contribution in [2.24, 2.45) is 0 Å². The number of nitrogens with one attached hydrogen (secondary N) is 2. The van der Waals surface area contributed by atoms with Gasteiger partial charge in [-0.2, -0.15) is 0 Å². The number of hydrogen-bond donors (Lipinski definition) is 2. The summed E-state index contributed by atoms with van der Waals surface area (Å²) in [6.07, 6.45) is 3.41. The fourth-order valence-corrected chi connectivity index (χ4v) is 3.95. The highest BCUT2D eigenvalue weighted by atomic mass is 35.5. The van der Waals surface area contributed by atoms with Gasteiger partial charge in [0.15, 0.2) is 0 Å². The van der Waals surface area contributed by atoms with Crippen LogP contribution in [0.4, 0.5) is 11.4 Å². The van der Waals surface area contributed by atoms with E-state index in [0.717, 1.165) is 25.1 Å². The molecule has 0 aromatic heterocycles. The number of carbonyl (C=O) groups excluding carboxylic acids is 1. The largest absolute Gasteiger partial charge is 0.375 e. The van der Waals surface area contributed by atoms with Gasteiger partial charge in [-0.15, -0.1) is 0 Å². The van der Waals surface area contributed by atoms with Gasteiger partial charge in [-0.05, 0) is 43.0 Å². The predicted molar refractivity (Wildman–Crippen MR) is 112 cm³/mol. The van der Waals surface area contributed by atoms with E-state index in [0.29, 0.717) is 28.9 Å². The molecule has 2 N–H and O–H groups in total. The summed E-state index contributed by atoms with van der Waals surface area (Å²) in [4.78, 5) is 26.1. The monoisotopic (exact) mass is 414 g/mol. The van der Waals surface area contributed by atoms with E-state index in [1.165, 1.54) is 18.9 Å². The maximum absolute atomic E-state index is 12.6. The van der Waals surface area contributed by atoms with Crippen LogP contribution in [-0.2, 0) is 6.54 Å². The molecule has 0 bridgehead atoms. The third-order valence-corrected chi connectivity index (χ3v) is 5.87. The summed E-state index contributed by atoms with van der Waals surface area (Å²) in [5.74, 6) is -0.270. The lowest BCUT2D eigenvalue weighted by Gasteiger charge is -2.16. The standard InChI is InChI=1S/C21H23ClN4O3/c22-18-4-2-1-3-15(18)12-23-19-8-5-14(11-20(19)26(28)29)21(27)24-16-9-10-25(13-16)17-6-7-17/h1-5,8,11,16-17,23H,6-7,9-10,12-13H2,(H,24,27). The van der Waals surface area contributed by atoms with Crippen LogP contribution in [-0.4, -0.2) is 40.9 Å². The van der Waals surface area contributed by atoms with Crippen molar-refractivity contribution in [1.29, 1.82) is 0 Å². The zero-order valence-corrected chi connectivity index (χ0v) is 16.7. The van der Waals surface area contributed by atoms with Gasteiger partial charge in [0.1, 0.15) is 5.69 Å². The summed E-state index contributed by atoms with van der Waals surface area (Å²) in [5.41, 5.74) is 1.36. The lowest BCUT2D eigenvalue weighted by atomic mass is 10.1. The van der Waals surface area contributed by atoms with E-state index >= 15 is 0 Å². The molecule has 29 heavy (non-hydrogen) atoms. The molecule has 1 saturated carbocycles. The van der Waals surface area contributed by atoms with Gasteiger partial charge in [0.25, 0.3) is 11.6 Å². The van der Waals surface area contributed by atoms with Crippen molar-refractivity contribution in [3.63, 3.8) is 0 Å². The number of nitro groups is 1. The van der Waals surface area contributed by atoms with E-state index in [2.05, 4.69) is 15.5 Å². The van der Waals surface area contributed by atoms with Crippen molar-refractivity contribution in [1.82, 2.24) is 10.2 Å². The molecule has 0 spiro atoms. The molecule has 8 heteroatoms. The molecule has 1 aliphatic carbocycles. The van der Waals surface area contributed by atoms with E-state index < -0.39 is 4.92 Å². The Morgan fingerprint density at radius 1 is 1.21 bits per heavy atom. The molecule has 1 heterocycles. The summed E-state index contributed by atoms with van der Waals surface area (Å²) >= 11 is 6.14. The summed E-state index contributed by atoms with van der Waals surface area (Å²) < 4.78 is 0. The Labute approximate surface area is 174 Å². The van der Waals surface area contributed by atoms with Crippen molar-refractivity contribution in [3.05, 3.63) is 68.7 Å². The van der Waals surface area contributed by atoms with E-state index in [4.69, 9.17) is 11.6 Å². The molecular weight excluding hydrogens is 392 g/mol. The SMILES string of the molecule is O=C(NC1CCN(C2CC2)C1)c1ccc(NCc2ccccc2Cl)c([N+](=O)[O-])c1. The molecule has 1 amide bonds. The molecule has 2 aliphatic rings. The molecule has 2 fully saturated rings. The van der Waals surface area contributed by atoms with E-state index in [-0.39, 0.29) is 17.6 Å². The van der Waals surface area contributed by atoms with Crippen LogP contribution in [0.1, 0.15) is 35.2 Å². The molecular formula is C21H23ClN4O3. The van der Waals surface area contributed by atoms with E-state index in [9.17, 15) is 14.9 Å². The first-order valence-corrected chi connectivity index (χ1v) is 10.2. The summed E-state index contributed by atoms with van der Waals surface area (Å²) in [5, 5.41) is 18.2. The Bertz CT molecular complexity index is 932. The van der Waals surface area contributed by atoms with Crippen LogP contribution in [0.2, 0.25) is 5.02 Å². The highest BCUT2D eigenvalue weighted by Crippen LogP contribution is 2.30. The number of nitrogens with zero attached hydrogens (tertiary/aromatic N) is 2. The number of anilines is 1. The van der Waals surface area contributed by atoms with E-state index in [1.807, 2.05) is 18.2 Å². The smallest absolute Gasteiger partial charge is 0.293 e. The Hall–Kier alpha value is -2.64. The lowest BCUT2D eigenvalue weighted by molar-refractivity contribution is -0.384. The van der Waals surface area contributed by atoms with Gasteiger partial charge in [-0.3, -0.25) is 19.8 Å². The lowest BCUT2D eigenvalue weighted by Crippen LogP contribution is -2.37. The average Bonchev–Trinajstić information content (AvgIpc) is 3.46. The molecule has 152 valence electrons. The van der Waals surface area contributed by atoms with Crippen LogP contribution in [0.3, 0.4) is 0 Å². The number of halogens is 1. The van der Waals surface area contributed by atoms with Gasteiger partial charge >= 0.3 is 0 Å². The second-order valence-electron chi connectivity index (χ2n) is 7.62. The Balaban J connectivity index is 1.43. The second-order valence-corrected chi connectivity index (χ2v) is 8.03. The molecule has 2 aromatic rings. The molecule has 7 nitrogen and oxygen atoms in total. The zero-order valence-electron chi connectivity index (χ0n) is 15.9. The maximum Gasteiger partial charge on any atom is 0.293 e. The Morgan fingerprint density at radius 2 is 2.00 bits per heavy atom. The number of carbonyl (C=O) groups is 1. The van der Waals surface area contributed by atoms with Crippen LogP contribution in [0.5, 0.6) is 0 Å². The number of amides is 1. The number of rotatable bonds is 7. The van der Waals surface area contributed by atoms with Crippen molar-refractivity contribution in [3.8, 4) is 0 Å². The van der Waals surface area contributed by atoms with Crippen molar-refractivity contribution < 1.29 is 9.72 Å². The molecule has 1 saturated heterocycles. The van der Waals surface area contributed by atoms with Crippen molar-refractivity contribution >= 4 is 28.9 Å². The van der Waals surface area contributed by atoms with Crippen LogP contribution >= 0.6 is 11.6 Å². The first-order valence-electron chi connectivity index (χ1n) is 9.82. The molecule has 1 aliphatic heterocycles. The van der Waals surface area contributed by atoms with Gasteiger partial charge in [0.05, 0.1) is 4.92 Å². The quantitative estimate of drug-likeness (QED) is 0.531.